The number of methoxy groups -OCH3 is 1. The number of para-hydroxylation sites is 1. The second kappa shape index (κ2) is 6.24. The lowest BCUT2D eigenvalue weighted by molar-refractivity contribution is 0.414. The summed E-state index contributed by atoms with van der Waals surface area (Å²) in [6, 6.07) is 17.4. The van der Waals surface area contributed by atoms with Gasteiger partial charge in [0.1, 0.15) is 23.6 Å². The molecule has 0 spiro atoms. The first-order valence-electron chi connectivity index (χ1n) is 7.81. The van der Waals surface area contributed by atoms with Crippen molar-refractivity contribution in [2.45, 2.75) is 0 Å². The fourth-order valence-corrected chi connectivity index (χ4v) is 2.68. The molecule has 0 unspecified atom stereocenters. The van der Waals surface area contributed by atoms with Crippen LogP contribution < -0.4 is 9.64 Å². The first-order valence-corrected chi connectivity index (χ1v) is 7.81. The number of anilines is 2. The Balaban J connectivity index is 1.69. The third-order valence-electron chi connectivity index (χ3n) is 4.05. The van der Waals surface area contributed by atoms with E-state index < -0.39 is 0 Å². The molecular formula is C19H16N4O2. The van der Waals surface area contributed by atoms with Gasteiger partial charge in [-0.05, 0) is 36.4 Å². The normalized spacial score (nSPS) is 10.8. The lowest BCUT2D eigenvalue weighted by Crippen LogP contribution is -2.11. The lowest BCUT2D eigenvalue weighted by Gasteiger charge is -2.15. The zero-order chi connectivity index (χ0) is 17.2. The quantitative estimate of drug-likeness (QED) is 0.561. The molecule has 0 atom stereocenters. The van der Waals surface area contributed by atoms with Crippen LogP contribution in [0.15, 0.2) is 65.4 Å². The van der Waals surface area contributed by atoms with Crippen molar-refractivity contribution in [2.24, 2.45) is 0 Å². The highest BCUT2D eigenvalue weighted by atomic mass is 16.5. The van der Waals surface area contributed by atoms with Gasteiger partial charge in [-0.15, -0.1) is 0 Å². The molecule has 0 fully saturated rings. The number of benzene rings is 2. The molecule has 0 radical (unpaired) electrons. The van der Waals surface area contributed by atoms with E-state index in [-0.39, 0.29) is 0 Å². The Morgan fingerprint density at radius 3 is 2.60 bits per heavy atom. The van der Waals surface area contributed by atoms with E-state index in [1.807, 2.05) is 66.5 Å². The van der Waals surface area contributed by atoms with Crippen LogP contribution in [0.4, 0.5) is 11.7 Å². The molecule has 2 aromatic heterocycles. The lowest BCUT2D eigenvalue weighted by atomic mass is 10.1. The van der Waals surface area contributed by atoms with Crippen LogP contribution in [0.25, 0.3) is 22.2 Å². The van der Waals surface area contributed by atoms with Gasteiger partial charge in [0, 0.05) is 24.1 Å². The van der Waals surface area contributed by atoms with Crippen LogP contribution in [0.1, 0.15) is 0 Å². The molecule has 4 aromatic rings. The third kappa shape index (κ3) is 2.78. The third-order valence-corrected chi connectivity index (χ3v) is 4.05. The smallest absolute Gasteiger partial charge is 0.233 e. The first-order chi connectivity index (χ1) is 12.3. The summed E-state index contributed by atoms with van der Waals surface area (Å²) in [5.74, 6) is 2.18. The minimum atomic E-state index is 0.606. The number of rotatable bonds is 4. The van der Waals surface area contributed by atoms with Gasteiger partial charge in [-0.3, -0.25) is 4.90 Å². The molecule has 124 valence electrons. The molecule has 0 saturated heterocycles. The van der Waals surface area contributed by atoms with Gasteiger partial charge in [0.2, 0.25) is 5.88 Å². The van der Waals surface area contributed by atoms with E-state index in [4.69, 9.17) is 9.26 Å². The van der Waals surface area contributed by atoms with Gasteiger partial charge in [-0.1, -0.05) is 17.3 Å². The monoisotopic (exact) mass is 332 g/mol. The molecule has 6 heteroatoms. The van der Waals surface area contributed by atoms with E-state index >= 15 is 0 Å². The molecular weight excluding hydrogens is 316 g/mol. The zero-order valence-corrected chi connectivity index (χ0v) is 13.9. The van der Waals surface area contributed by atoms with Crippen LogP contribution >= 0.6 is 0 Å². The molecule has 25 heavy (non-hydrogen) atoms. The van der Waals surface area contributed by atoms with Crippen LogP contribution in [-0.2, 0) is 0 Å². The van der Waals surface area contributed by atoms with E-state index in [1.54, 1.807) is 13.4 Å². The summed E-state index contributed by atoms with van der Waals surface area (Å²) in [4.78, 5) is 10.6. The highest BCUT2D eigenvalue weighted by molar-refractivity contribution is 5.90. The zero-order valence-electron chi connectivity index (χ0n) is 13.9. The van der Waals surface area contributed by atoms with Gasteiger partial charge < -0.3 is 9.26 Å². The van der Waals surface area contributed by atoms with Crippen molar-refractivity contribution in [1.82, 2.24) is 15.1 Å². The molecule has 0 N–H and O–H groups in total. The van der Waals surface area contributed by atoms with Crippen molar-refractivity contribution >= 4 is 22.6 Å². The first kappa shape index (κ1) is 15.1. The fourth-order valence-electron chi connectivity index (χ4n) is 2.68. The molecule has 0 bridgehead atoms. The van der Waals surface area contributed by atoms with Crippen molar-refractivity contribution in [3.63, 3.8) is 0 Å². The Hall–Kier alpha value is -3.41. The molecule has 0 saturated carbocycles. The standard InChI is InChI=1S/C19H16N4O2/c1-23(19-15-5-3-4-6-16(15)20-12-21-19)18-11-17(22-25-18)13-7-9-14(24-2)10-8-13/h3-12H,1-2H3. The van der Waals surface area contributed by atoms with E-state index in [2.05, 4.69) is 15.1 Å². The maximum absolute atomic E-state index is 5.53. The van der Waals surface area contributed by atoms with Crippen LogP contribution in [0, 0.1) is 0 Å². The van der Waals surface area contributed by atoms with E-state index in [0.29, 0.717) is 5.88 Å². The second-order valence-corrected chi connectivity index (χ2v) is 5.55. The van der Waals surface area contributed by atoms with Crippen LogP contribution in [-0.4, -0.2) is 29.3 Å². The van der Waals surface area contributed by atoms with Gasteiger partial charge in [-0.25, -0.2) is 9.97 Å². The molecule has 0 amide bonds. The van der Waals surface area contributed by atoms with Crippen LogP contribution in [0.3, 0.4) is 0 Å². The highest BCUT2D eigenvalue weighted by Gasteiger charge is 2.15. The Kier molecular flexibility index (Phi) is 3.78. The molecule has 4 rings (SSSR count). The average Bonchev–Trinajstić information content (AvgIpc) is 3.17. The number of ether oxygens (including phenoxy) is 1. The Morgan fingerprint density at radius 2 is 1.80 bits per heavy atom. The number of hydrogen-bond donors (Lipinski definition) is 0. The molecule has 0 aliphatic rings. The van der Waals surface area contributed by atoms with Gasteiger partial charge in [0.25, 0.3) is 0 Å². The summed E-state index contributed by atoms with van der Waals surface area (Å²) >= 11 is 0. The fraction of sp³-hybridized carbons (Fsp3) is 0.105. The topological polar surface area (TPSA) is 64.3 Å². The van der Waals surface area contributed by atoms with Gasteiger partial charge in [0.15, 0.2) is 0 Å². The van der Waals surface area contributed by atoms with E-state index in [0.717, 1.165) is 33.7 Å². The minimum absolute atomic E-state index is 0.606. The number of aromatic nitrogens is 3. The van der Waals surface area contributed by atoms with Crippen molar-refractivity contribution in [1.29, 1.82) is 0 Å². The van der Waals surface area contributed by atoms with Crippen molar-refractivity contribution in [3.05, 3.63) is 60.9 Å². The minimum Gasteiger partial charge on any atom is -0.497 e. The largest absolute Gasteiger partial charge is 0.497 e. The second-order valence-electron chi connectivity index (χ2n) is 5.55. The van der Waals surface area contributed by atoms with E-state index in [9.17, 15) is 0 Å². The summed E-state index contributed by atoms with van der Waals surface area (Å²) in [6.07, 6.45) is 1.55. The van der Waals surface area contributed by atoms with Crippen molar-refractivity contribution in [2.75, 3.05) is 19.1 Å². The SMILES string of the molecule is COc1ccc(-c2cc(N(C)c3ncnc4ccccc34)on2)cc1. The predicted molar refractivity (Wildman–Crippen MR) is 96.1 cm³/mol. The van der Waals surface area contributed by atoms with Gasteiger partial charge in [-0.2, -0.15) is 0 Å². The molecule has 0 aliphatic carbocycles. The molecule has 2 heterocycles. The molecule has 2 aromatic carbocycles. The maximum atomic E-state index is 5.53. The summed E-state index contributed by atoms with van der Waals surface area (Å²) < 4.78 is 10.7. The highest BCUT2D eigenvalue weighted by Crippen LogP contribution is 2.31. The van der Waals surface area contributed by atoms with Crippen LogP contribution in [0.2, 0.25) is 0 Å². The average molecular weight is 332 g/mol. The Bertz CT molecular complexity index is 1010. The summed E-state index contributed by atoms with van der Waals surface area (Å²) in [7, 11) is 3.54. The van der Waals surface area contributed by atoms with Gasteiger partial charge in [0.05, 0.1) is 12.6 Å². The van der Waals surface area contributed by atoms with Crippen molar-refractivity contribution < 1.29 is 9.26 Å². The summed E-state index contributed by atoms with van der Waals surface area (Å²) in [5.41, 5.74) is 2.59. The predicted octanol–water partition coefficient (Wildman–Crippen LogP) is 4.06. The van der Waals surface area contributed by atoms with Gasteiger partial charge >= 0.3 is 0 Å². The molecule has 0 aliphatic heterocycles. The Labute approximate surface area is 144 Å². The number of nitrogens with zero attached hydrogens (tertiary/aromatic N) is 4. The summed E-state index contributed by atoms with van der Waals surface area (Å²) in [6.45, 7) is 0. The molecule has 6 nitrogen and oxygen atoms in total. The maximum Gasteiger partial charge on any atom is 0.233 e. The Morgan fingerprint density at radius 1 is 1.00 bits per heavy atom. The summed E-state index contributed by atoms with van der Waals surface area (Å²) in [5, 5.41) is 5.12. The number of hydrogen-bond acceptors (Lipinski definition) is 6. The van der Waals surface area contributed by atoms with Crippen molar-refractivity contribution in [3.8, 4) is 17.0 Å². The van der Waals surface area contributed by atoms with E-state index in [1.165, 1.54) is 0 Å². The van der Waals surface area contributed by atoms with Crippen LogP contribution in [0.5, 0.6) is 5.75 Å². The number of fused-ring (bicyclic) bond motifs is 1.